The molecule has 0 aliphatic heterocycles. The maximum Gasteiger partial charge on any atom is 0.119 e. The number of imidazole rings is 1. The lowest BCUT2D eigenvalue weighted by molar-refractivity contribution is 0.0928. The number of aromatic nitrogens is 2. The van der Waals surface area contributed by atoms with Crippen molar-refractivity contribution < 1.29 is 9.84 Å². The molecule has 0 spiro atoms. The third-order valence-electron chi connectivity index (χ3n) is 4.80. The summed E-state index contributed by atoms with van der Waals surface area (Å²) in [4.78, 5) is 4.81. The van der Waals surface area contributed by atoms with Gasteiger partial charge in [-0.25, -0.2) is 4.98 Å². The van der Waals surface area contributed by atoms with Crippen molar-refractivity contribution in [3.8, 4) is 5.75 Å². The maximum absolute atomic E-state index is 10.6. The molecule has 4 heteroatoms. The molecular weight excluding hydrogens is 348 g/mol. The second-order valence-electron chi connectivity index (χ2n) is 7.07. The van der Waals surface area contributed by atoms with Gasteiger partial charge in [-0.3, -0.25) is 0 Å². The Bertz CT molecular complexity index is 1040. The first-order valence-electron chi connectivity index (χ1n) is 9.54. The zero-order valence-electron chi connectivity index (χ0n) is 16.0. The standard InChI is InChI=1S/C24H24N2O2/c1-18-11-13-19(14-12-18)15-24-25-22-9-5-6-10-23(22)26(24)16-20(27)17-28-21-7-3-2-4-8-21/h2-14,20,27H,15-17H2,1H3. The number of aryl methyl sites for hydroxylation is 1. The smallest absolute Gasteiger partial charge is 0.119 e. The topological polar surface area (TPSA) is 47.3 Å². The van der Waals surface area contributed by atoms with Crippen LogP contribution in [0.15, 0.2) is 78.9 Å². The Morgan fingerprint density at radius 1 is 0.929 bits per heavy atom. The molecule has 1 atom stereocenters. The summed E-state index contributed by atoms with van der Waals surface area (Å²) in [5.41, 5.74) is 4.42. The molecule has 4 nitrogen and oxygen atoms in total. The Morgan fingerprint density at radius 2 is 1.64 bits per heavy atom. The number of hydrogen-bond acceptors (Lipinski definition) is 3. The van der Waals surface area contributed by atoms with Crippen molar-refractivity contribution in [1.29, 1.82) is 0 Å². The van der Waals surface area contributed by atoms with Gasteiger partial charge < -0.3 is 14.4 Å². The van der Waals surface area contributed by atoms with Crippen LogP contribution in [0.3, 0.4) is 0 Å². The Balaban J connectivity index is 1.55. The molecule has 0 aliphatic carbocycles. The van der Waals surface area contributed by atoms with E-state index in [2.05, 4.69) is 35.8 Å². The molecule has 4 aromatic rings. The zero-order chi connectivity index (χ0) is 19.3. The van der Waals surface area contributed by atoms with Crippen molar-refractivity contribution in [1.82, 2.24) is 9.55 Å². The minimum atomic E-state index is -0.630. The van der Waals surface area contributed by atoms with Gasteiger partial charge >= 0.3 is 0 Å². The van der Waals surface area contributed by atoms with Gasteiger partial charge in [0.1, 0.15) is 24.3 Å². The van der Waals surface area contributed by atoms with Crippen LogP contribution in [-0.2, 0) is 13.0 Å². The lowest BCUT2D eigenvalue weighted by atomic mass is 10.1. The van der Waals surface area contributed by atoms with Crippen molar-refractivity contribution in [2.45, 2.75) is 26.0 Å². The summed E-state index contributed by atoms with van der Waals surface area (Å²) in [6.07, 6.45) is 0.0934. The summed E-state index contributed by atoms with van der Waals surface area (Å²) in [7, 11) is 0. The molecular formula is C24H24N2O2. The Labute approximate surface area is 165 Å². The van der Waals surface area contributed by atoms with Crippen LogP contribution in [0.4, 0.5) is 0 Å². The largest absolute Gasteiger partial charge is 0.491 e. The van der Waals surface area contributed by atoms with Gasteiger partial charge in [0.05, 0.1) is 17.6 Å². The van der Waals surface area contributed by atoms with Gasteiger partial charge in [-0.05, 0) is 36.8 Å². The second kappa shape index (κ2) is 8.28. The van der Waals surface area contributed by atoms with E-state index in [9.17, 15) is 5.11 Å². The van der Waals surface area contributed by atoms with Crippen molar-refractivity contribution in [2.75, 3.05) is 6.61 Å². The third-order valence-corrected chi connectivity index (χ3v) is 4.80. The number of hydrogen-bond donors (Lipinski definition) is 1. The number of ether oxygens (including phenoxy) is 1. The van der Waals surface area contributed by atoms with Gasteiger partial charge in [0.25, 0.3) is 0 Å². The van der Waals surface area contributed by atoms with Gasteiger partial charge in [-0.1, -0.05) is 60.2 Å². The highest BCUT2D eigenvalue weighted by molar-refractivity contribution is 5.76. The average Bonchev–Trinajstić information content (AvgIpc) is 3.06. The van der Waals surface area contributed by atoms with Crippen molar-refractivity contribution in [3.05, 3.63) is 95.8 Å². The van der Waals surface area contributed by atoms with Gasteiger partial charge in [0.2, 0.25) is 0 Å². The number of nitrogens with zero attached hydrogens (tertiary/aromatic N) is 2. The fourth-order valence-electron chi connectivity index (χ4n) is 3.33. The third kappa shape index (κ3) is 4.24. The Kier molecular flexibility index (Phi) is 5.40. The number of aliphatic hydroxyl groups is 1. The maximum atomic E-state index is 10.6. The lowest BCUT2D eigenvalue weighted by Gasteiger charge is -2.16. The number of rotatable bonds is 7. The average molecular weight is 372 g/mol. The molecule has 0 saturated heterocycles. The van der Waals surface area contributed by atoms with Crippen molar-refractivity contribution >= 4 is 11.0 Å². The molecule has 3 aromatic carbocycles. The number of fused-ring (bicyclic) bond motifs is 1. The van der Waals surface area contributed by atoms with Crippen LogP contribution in [0.25, 0.3) is 11.0 Å². The fraction of sp³-hybridized carbons (Fsp3) is 0.208. The van der Waals surface area contributed by atoms with Gasteiger partial charge in [-0.2, -0.15) is 0 Å². The second-order valence-corrected chi connectivity index (χ2v) is 7.07. The summed E-state index contributed by atoms with van der Waals surface area (Å²) < 4.78 is 7.82. The van der Waals surface area contributed by atoms with E-state index in [-0.39, 0.29) is 6.61 Å². The molecule has 0 radical (unpaired) electrons. The van der Waals surface area contributed by atoms with Crippen LogP contribution in [0, 0.1) is 6.92 Å². The van der Waals surface area contributed by atoms with Crippen LogP contribution < -0.4 is 4.74 Å². The van der Waals surface area contributed by atoms with E-state index < -0.39 is 6.10 Å². The van der Waals surface area contributed by atoms with E-state index in [1.165, 1.54) is 11.1 Å². The highest BCUT2D eigenvalue weighted by Crippen LogP contribution is 2.20. The first kappa shape index (κ1) is 18.3. The summed E-state index contributed by atoms with van der Waals surface area (Å²) in [5.74, 6) is 1.71. The molecule has 4 rings (SSSR count). The molecule has 1 N–H and O–H groups in total. The summed E-state index contributed by atoms with van der Waals surface area (Å²) in [6, 6.07) is 26.1. The molecule has 1 unspecified atom stereocenters. The van der Waals surface area contributed by atoms with Crippen molar-refractivity contribution in [3.63, 3.8) is 0 Å². The molecule has 0 saturated carbocycles. The first-order valence-corrected chi connectivity index (χ1v) is 9.54. The van der Waals surface area contributed by atoms with E-state index in [0.29, 0.717) is 6.54 Å². The summed E-state index contributed by atoms with van der Waals surface area (Å²) in [6.45, 7) is 2.76. The van der Waals surface area contributed by atoms with Gasteiger partial charge in [0, 0.05) is 6.42 Å². The molecule has 0 bridgehead atoms. The predicted molar refractivity (Wildman–Crippen MR) is 112 cm³/mol. The highest BCUT2D eigenvalue weighted by atomic mass is 16.5. The minimum Gasteiger partial charge on any atom is -0.491 e. The van der Waals surface area contributed by atoms with E-state index in [4.69, 9.17) is 9.72 Å². The monoisotopic (exact) mass is 372 g/mol. The normalized spacial score (nSPS) is 12.2. The number of benzene rings is 3. The Hall–Kier alpha value is -3.11. The first-order chi connectivity index (χ1) is 13.7. The molecule has 142 valence electrons. The van der Waals surface area contributed by atoms with Crippen molar-refractivity contribution in [2.24, 2.45) is 0 Å². The van der Waals surface area contributed by atoms with Crippen LogP contribution in [-0.4, -0.2) is 27.4 Å². The van der Waals surface area contributed by atoms with Crippen LogP contribution >= 0.6 is 0 Å². The highest BCUT2D eigenvalue weighted by Gasteiger charge is 2.15. The van der Waals surface area contributed by atoms with E-state index in [1.54, 1.807) is 0 Å². The summed E-state index contributed by atoms with van der Waals surface area (Å²) in [5, 5.41) is 10.6. The van der Waals surface area contributed by atoms with Gasteiger partial charge in [-0.15, -0.1) is 0 Å². The fourth-order valence-corrected chi connectivity index (χ4v) is 3.33. The van der Waals surface area contributed by atoms with Crippen LogP contribution in [0.1, 0.15) is 17.0 Å². The lowest BCUT2D eigenvalue weighted by Crippen LogP contribution is -2.24. The molecule has 1 heterocycles. The summed E-state index contributed by atoms with van der Waals surface area (Å²) >= 11 is 0. The van der Waals surface area contributed by atoms with E-state index in [1.807, 2.05) is 54.6 Å². The quantitative estimate of drug-likeness (QED) is 0.524. The Morgan fingerprint density at radius 3 is 2.43 bits per heavy atom. The number of aliphatic hydroxyl groups excluding tert-OH is 1. The van der Waals surface area contributed by atoms with Gasteiger partial charge in [0.15, 0.2) is 0 Å². The van der Waals surface area contributed by atoms with Crippen LogP contribution in [0.2, 0.25) is 0 Å². The SMILES string of the molecule is Cc1ccc(Cc2nc3ccccc3n2CC(O)COc2ccccc2)cc1. The zero-order valence-corrected chi connectivity index (χ0v) is 16.0. The van der Waals surface area contributed by atoms with Crippen LogP contribution in [0.5, 0.6) is 5.75 Å². The molecule has 0 amide bonds. The molecule has 28 heavy (non-hydrogen) atoms. The molecule has 0 aliphatic rings. The minimum absolute atomic E-state index is 0.237. The van der Waals surface area contributed by atoms with E-state index >= 15 is 0 Å². The molecule has 1 aromatic heterocycles. The van der Waals surface area contributed by atoms with E-state index in [0.717, 1.165) is 29.0 Å². The molecule has 0 fully saturated rings. The predicted octanol–water partition coefficient (Wildman–Crippen LogP) is 4.38. The number of para-hydroxylation sites is 3.